The highest BCUT2D eigenvalue weighted by Gasteiger charge is 2.28. The first-order chi connectivity index (χ1) is 9.70. The van der Waals surface area contributed by atoms with E-state index in [9.17, 15) is 4.39 Å². The number of thiazole rings is 1. The zero-order valence-corrected chi connectivity index (χ0v) is 13.3. The molecule has 0 unspecified atom stereocenters. The molecule has 3 rings (SSSR count). The molecule has 114 valence electrons. The lowest BCUT2D eigenvalue weighted by Crippen LogP contribution is -2.27. The topological polar surface area (TPSA) is 42.1 Å². The molecule has 0 amide bonds. The van der Waals surface area contributed by atoms with Crippen LogP contribution in [0, 0.1) is 5.82 Å². The second-order valence-corrected chi connectivity index (χ2v) is 6.39. The van der Waals surface area contributed by atoms with Gasteiger partial charge < -0.3 is 5.73 Å². The lowest BCUT2D eigenvalue weighted by Gasteiger charge is -2.21. The van der Waals surface area contributed by atoms with E-state index in [-0.39, 0.29) is 18.2 Å². The summed E-state index contributed by atoms with van der Waals surface area (Å²) in [6.45, 7) is 1.85. The van der Waals surface area contributed by atoms with Crippen molar-refractivity contribution in [1.82, 2.24) is 9.88 Å². The van der Waals surface area contributed by atoms with Crippen molar-refractivity contribution in [2.45, 2.75) is 31.8 Å². The minimum atomic E-state index is -0.157. The van der Waals surface area contributed by atoms with Gasteiger partial charge in [-0.2, -0.15) is 0 Å². The quantitative estimate of drug-likeness (QED) is 0.883. The fraction of sp³-hybridized carbons (Fsp3) is 0.400. The number of hydrogen-bond acceptors (Lipinski definition) is 4. The molecule has 3 nitrogen and oxygen atoms in total. The van der Waals surface area contributed by atoms with Gasteiger partial charge in [-0.3, -0.25) is 4.90 Å². The van der Waals surface area contributed by atoms with Crippen molar-refractivity contribution < 1.29 is 4.39 Å². The van der Waals surface area contributed by atoms with E-state index in [4.69, 9.17) is 5.73 Å². The van der Waals surface area contributed by atoms with E-state index >= 15 is 0 Å². The largest absolute Gasteiger partial charge is 0.375 e. The van der Waals surface area contributed by atoms with Gasteiger partial charge in [-0.15, -0.1) is 23.7 Å². The van der Waals surface area contributed by atoms with Gasteiger partial charge in [0.2, 0.25) is 0 Å². The summed E-state index contributed by atoms with van der Waals surface area (Å²) in [6, 6.07) is 7.54. The van der Waals surface area contributed by atoms with Crippen molar-refractivity contribution in [3.05, 3.63) is 46.7 Å². The smallest absolute Gasteiger partial charge is 0.180 e. The average Bonchev–Trinajstić information content (AvgIpc) is 3.18. The van der Waals surface area contributed by atoms with Crippen LogP contribution in [0.2, 0.25) is 0 Å². The van der Waals surface area contributed by atoms with Gasteiger partial charge in [0.05, 0.1) is 0 Å². The molecule has 0 atom stereocenters. The van der Waals surface area contributed by atoms with Crippen LogP contribution in [0.1, 0.15) is 23.3 Å². The van der Waals surface area contributed by atoms with Gasteiger partial charge >= 0.3 is 0 Å². The van der Waals surface area contributed by atoms with Crippen molar-refractivity contribution in [1.29, 1.82) is 0 Å². The van der Waals surface area contributed by atoms with Gasteiger partial charge in [0, 0.05) is 30.2 Å². The third-order valence-corrected chi connectivity index (χ3v) is 4.38. The predicted octanol–water partition coefficient (Wildman–Crippen LogP) is 3.49. The number of rotatable bonds is 6. The lowest BCUT2D eigenvalue weighted by molar-refractivity contribution is 0.260. The molecule has 0 spiro atoms. The molecule has 0 saturated heterocycles. The minimum absolute atomic E-state index is 0. The Balaban J connectivity index is 0.00000161. The third-order valence-electron chi connectivity index (χ3n) is 3.57. The molecule has 2 aromatic rings. The molecular weight excluding hydrogens is 309 g/mol. The van der Waals surface area contributed by atoms with Crippen molar-refractivity contribution in [3.63, 3.8) is 0 Å². The zero-order valence-electron chi connectivity index (χ0n) is 11.7. The Kier molecular flexibility index (Phi) is 5.56. The Morgan fingerprint density at radius 3 is 2.81 bits per heavy atom. The summed E-state index contributed by atoms with van der Waals surface area (Å²) in [6.07, 6.45) is 5.26. The lowest BCUT2D eigenvalue weighted by atomic mass is 10.1. The molecule has 0 aliphatic heterocycles. The van der Waals surface area contributed by atoms with Gasteiger partial charge in [-0.1, -0.05) is 12.1 Å². The summed E-state index contributed by atoms with van der Waals surface area (Å²) >= 11 is 1.55. The number of aromatic nitrogens is 1. The normalized spacial score (nSPS) is 14.2. The van der Waals surface area contributed by atoms with Crippen LogP contribution in [0.4, 0.5) is 9.52 Å². The average molecular weight is 328 g/mol. The molecular formula is C15H19ClFN3S. The van der Waals surface area contributed by atoms with E-state index < -0.39 is 0 Å². The molecule has 1 fully saturated rings. The molecule has 1 aromatic carbocycles. The highest BCUT2D eigenvalue weighted by Crippen LogP contribution is 2.29. The fourth-order valence-corrected chi connectivity index (χ4v) is 3.10. The van der Waals surface area contributed by atoms with Crippen molar-refractivity contribution >= 4 is 28.9 Å². The highest BCUT2D eigenvalue weighted by molar-refractivity contribution is 7.15. The van der Waals surface area contributed by atoms with Gasteiger partial charge in [-0.05, 0) is 37.0 Å². The maximum Gasteiger partial charge on any atom is 0.180 e. The number of nitrogens with two attached hydrogens (primary N) is 1. The number of halogens is 2. The number of anilines is 1. The van der Waals surface area contributed by atoms with Crippen molar-refractivity contribution in [3.8, 4) is 0 Å². The van der Waals surface area contributed by atoms with Crippen LogP contribution >= 0.6 is 23.7 Å². The first-order valence-corrected chi connectivity index (χ1v) is 7.71. The van der Waals surface area contributed by atoms with E-state index in [1.54, 1.807) is 23.5 Å². The summed E-state index contributed by atoms with van der Waals surface area (Å²) in [4.78, 5) is 7.76. The first kappa shape index (κ1) is 16.2. The molecule has 1 aliphatic carbocycles. The Labute approximate surface area is 134 Å². The monoisotopic (exact) mass is 327 g/mol. The summed E-state index contributed by atoms with van der Waals surface area (Å²) in [5.74, 6) is -0.157. The standard InChI is InChI=1S/C15H18FN3S.ClH/c16-12-3-1-2-11(8-12)6-7-19(13-4-5-13)10-14-9-18-15(17)20-14;/h1-3,8-9,13H,4-7,10H2,(H2,17,18);1H. The summed E-state index contributed by atoms with van der Waals surface area (Å²) in [5.41, 5.74) is 6.73. The first-order valence-electron chi connectivity index (χ1n) is 6.89. The highest BCUT2D eigenvalue weighted by atomic mass is 35.5. The van der Waals surface area contributed by atoms with Gasteiger partial charge in [0.25, 0.3) is 0 Å². The van der Waals surface area contributed by atoms with Crippen LogP contribution in [0.5, 0.6) is 0 Å². The maximum absolute atomic E-state index is 13.2. The fourth-order valence-electron chi connectivity index (χ4n) is 2.39. The second kappa shape index (κ2) is 7.20. The van der Waals surface area contributed by atoms with Crippen LogP contribution in [-0.4, -0.2) is 22.5 Å². The van der Waals surface area contributed by atoms with Crippen LogP contribution in [0.3, 0.4) is 0 Å². The minimum Gasteiger partial charge on any atom is -0.375 e. The van der Waals surface area contributed by atoms with Crippen LogP contribution < -0.4 is 5.73 Å². The Hall–Kier alpha value is -1.17. The molecule has 6 heteroatoms. The summed E-state index contributed by atoms with van der Waals surface area (Å²) in [7, 11) is 0. The summed E-state index contributed by atoms with van der Waals surface area (Å²) in [5, 5.41) is 0.626. The van der Waals surface area contributed by atoms with E-state index in [1.807, 2.05) is 12.3 Å². The maximum atomic E-state index is 13.2. The third kappa shape index (κ3) is 4.66. The Morgan fingerprint density at radius 1 is 1.38 bits per heavy atom. The molecule has 0 bridgehead atoms. The molecule has 1 heterocycles. The van der Waals surface area contributed by atoms with Crippen LogP contribution in [0.15, 0.2) is 30.5 Å². The van der Waals surface area contributed by atoms with Gasteiger partial charge in [0.1, 0.15) is 5.82 Å². The van der Waals surface area contributed by atoms with Gasteiger partial charge in [-0.25, -0.2) is 9.37 Å². The molecule has 1 aromatic heterocycles. The number of nitrogens with zero attached hydrogens (tertiary/aromatic N) is 2. The SMILES string of the molecule is Cl.Nc1ncc(CN(CCc2cccc(F)c2)C2CC2)s1. The Bertz CT molecular complexity index is 586. The molecule has 1 saturated carbocycles. The number of nitrogen functional groups attached to an aromatic ring is 1. The van der Waals surface area contributed by atoms with E-state index in [0.29, 0.717) is 11.2 Å². The molecule has 21 heavy (non-hydrogen) atoms. The van der Waals surface area contributed by atoms with E-state index in [0.717, 1.165) is 25.1 Å². The molecule has 1 aliphatic rings. The van der Waals surface area contributed by atoms with E-state index in [1.165, 1.54) is 23.8 Å². The number of benzene rings is 1. The van der Waals surface area contributed by atoms with Crippen LogP contribution in [-0.2, 0) is 13.0 Å². The molecule has 0 radical (unpaired) electrons. The van der Waals surface area contributed by atoms with Crippen LogP contribution in [0.25, 0.3) is 0 Å². The molecule has 2 N–H and O–H groups in total. The second-order valence-electron chi connectivity index (χ2n) is 5.25. The summed E-state index contributed by atoms with van der Waals surface area (Å²) < 4.78 is 13.2. The zero-order chi connectivity index (χ0) is 13.9. The van der Waals surface area contributed by atoms with Gasteiger partial charge in [0.15, 0.2) is 5.13 Å². The predicted molar refractivity (Wildman–Crippen MR) is 87.3 cm³/mol. The van der Waals surface area contributed by atoms with E-state index in [2.05, 4.69) is 9.88 Å². The number of hydrogen-bond donors (Lipinski definition) is 1. The van der Waals surface area contributed by atoms with Crippen molar-refractivity contribution in [2.75, 3.05) is 12.3 Å². The van der Waals surface area contributed by atoms with Crippen molar-refractivity contribution in [2.24, 2.45) is 0 Å². The Morgan fingerprint density at radius 2 is 2.19 bits per heavy atom.